The van der Waals surface area contributed by atoms with Gasteiger partial charge in [0.15, 0.2) is 5.13 Å². The summed E-state index contributed by atoms with van der Waals surface area (Å²) in [6.45, 7) is 7.53. The van der Waals surface area contributed by atoms with Gasteiger partial charge < -0.3 is 14.4 Å². The van der Waals surface area contributed by atoms with Gasteiger partial charge in [0.1, 0.15) is 11.3 Å². The van der Waals surface area contributed by atoms with E-state index in [-0.39, 0.29) is 55.0 Å². The highest BCUT2D eigenvalue weighted by Crippen LogP contribution is 2.31. The zero-order chi connectivity index (χ0) is 27.7. The summed E-state index contributed by atoms with van der Waals surface area (Å²) < 4.78 is 52.9. The van der Waals surface area contributed by atoms with Crippen LogP contribution in [0.3, 0.4) is 0 Å². The number of amides is 1. The summed E-state index contributed by atoms with van der Waals surface area (Å²) >= 11 is 1.25. The van der Waals surface area contributed by atoms with E-state index in [4.69, 9.17) is 9.47 Å². The summed E-state index contributed by atoms with van der Waals surface area (Å²) in [5, 5.41) is 0.393. The fraction of sp³-hybridized carbons (Fsp3) is 0.462. The van der Waals surface area contributed by atoms with Gasteiger partial charge in [0.05, 0.1) is 22.8 Å². The molecule has 0 radical (unpaired) electrons. The maximum absolute atomic E-state index is 14.3. The standard InChI is InChI=1S/C26H35FN4O5S2.ClH/c1-5-29(6-2)14-15-31(26-28-24-22(27)8-7-9-23(24)37-26)25(32)20-10-12-21(13-11-20)38(33,34)30(16-18-35-3)17-19-36-4;/h7-13H,5-6,14-19H2,1-4H3;1H. The van der Waals surface area contributed by atoms with Crippen LogP contribution in [-0.4, -0.2) is 95.2 Å². The molecule has 0 aliphatic rings. The molecule has 0 N–H and O–H groups in total. The summed E-state index contributed by atoms with van der Waals surface area (Å²) in [5.41, 5.74) is 0.533. The highest BCUT2D eigenvalue weighted by atomic mass is 35.5. The topological polar surface area (TPSA) is 92.3 Å². The number of aromatic nitrogens is 1. The van der Waals surface area contributed by atoms with E-state index in [1.54, 1.807) is 12.1 Å². The van der Waals surface area contributed by atoms with Crippen molar-refractivity contribution < 1.29 is 27.1 Å². The van der Waals surface area contributed by atoms with Crippen LogP contribution in [0, 0.1) is 5.82 Å². The quantitative estimate of drug-likeness (QED) is 0.258. The number of ether oxygens (including phenoxy) is 2. The molecule has 2 aromatic carbocycles. The van der Waals surface area contributed by atoms with Gasteiger partial charge in [-0.3, -0.25) is 9.69 Å². The smallest absolute Gasteiger partial charge is 0.260 e. The van der Waals surface area contributed by atoms with E-state index in [0.29, 0.717) is 28.5 Å². The highest BCUT2D eigenvalue weighted by Gasteiger charge is 2.26. The Kier molecular flexibility index (Phi) is 13.2. The zero-order valence-electron chi connectivity index (χ0n) is 22.6. The fourth-order valence-electron chi connectivity index (χ4n) is 3.90. The maximum atomic E-state index is 14.3. The molecule has 216 valence electrons. The number of nitrogens with zero attached hydrogens (tertiary/aromatic N) is 4. The average molecular weight is 603 g/mol. The minimum atomic E-state index is -3.82. The van der Waals surface area contributed by atoms with Crippen molar-refractivity contribution in [2.45, 2.75) is 18.7 Å². The number of fused-ring (bicyclic) bond motifs is 1. The van der Waals surface area contributed by atoms with Crippen LogP contribution >= 0.6 is 23.7 Å². The number of halogens is 2. The molecule has 1 amide bonds. The number of likely N-dealkylation sites (N-methyl/N-ethyl adjacent to an activating group) is 1. The van der Waals surface area contributed by atoms with Gasteiger partial charge in [0.2, 0.25) is 10.0 Å². The first-order valence-electron chi connectivity index (χ1n) is 12.4. The Morgan fingerprint density at radius 2 is 1.56 bits per heavy atom. The second kappa shape index (κ2) is 15.6. The van der Waals surface area contributed by atoms with Crippen LogP contribution in [0.15, 0.2) is 47.4 Å². The largest absolute Gasteiger partial charge is 0.383 e. The van der Waals surface area contributed by atoms with Crippen molar-refractivity contribution in [1.82, 2.24) is 14.2 Å². The van der Waals surface area contributed by atoms with Crippen molar-refractivity contribution in [2.75, 3.05) is 71.6 Å². The van der Waals surface area contributed by atoms with Crippen LogP contribution in [0.5, 0.6) is 0 Å². The summed E-state index contributed by atoms with van der Waals surface area (Å²) in [4.78, 5) is 21.9. The van der Waals surface area contributed by atoms with Crippen LogP contribution < -0.4 is 4.90 Å². The molecule has 0 bridgehead atoms. The summed E-state index contributed by atoms with van der Waals surface area (Å²) in [6, 6.07) is 10.6. The van der Waals surface area contributed by atoms with Crippen molar-refractivity contribution in [3.8, 4) is 0 Å². The Morgan fingerprint density at radius 1 is 0.949 bits per heavy atom. The van der Waals surface area contributed by atoms with Crippen molar-refractivity contribution in [3.05, 3.63) is 53.8 Å². The molecule has 0 aliphatic heterocycles. The molecule has 0 saturated heterocycles. The van der Waals surface area contributed by atoms with E-state index in [2.05, 4.69) is 9.88 Å². The van der Waals surface area contributed by atoms with E-state index < -0.39 is 15.8 Å². The zero-order valence-corrected chi connectivity index (χ0v) is 25.1. The molecule has 3 aromatic rings. The molecule has 0 fully saturated rings. The fourth-order valence-corrected chi connectivity index (χ4v) is 6.31. The lowest BCUT2D eigenvalue weighted by Crippen LogP contribution is -2.39. The predicted octanol–water partition coefficient (Wildman–Crippen LogP) is 4.13. The Balaban J connectivity index is 0.00000533. The van der Waals surface area contributed by atoms with Gasteiger partial charge in [-0.2, -0.15) is 4.31 Å². The molecule has 39 heavy (non-hydrogen) atoms. The van der Waals surface area contributed by atoms with Crippen LogP contribution in [0.1, 0.15) is 24.2 Å². The van der Waals surface area contributed by atoms with Crippen molar-refractivity contribution >= 4 is 55.0 Å². The number of thiazole rings is 1. The molecule has 0 aliphatic carbocycles. The predicted molar refractivity (Wildman–Crippen MR) is 155 cm³/mol. The maximum Gasteiger partial charge on any atom is 0.260 e. The molecule has 0 spiro atoms. The molecule has 3 rings (SSSR count). The first-order valence-corrected chi connectivity index (χ1v) is 14.7. The average Bonchev–Trinajstić information content (AvgIpc) is 3.36. The third-order valence-corrected chi connectivity index (χ3v) is 9.15. The lowest BCUT2D eigenvalue weighted by atomic mass is 10.2. The lowest BCUT2D eigenvalue weighted by Gasteiger charge is -2.25. The van der Waals surface area contributed by atoms with E-state index in [0.717, 1.165) is 13.1 Å². The molecule has 0 unspecified atom stereocenters. The summed E-state index contributed by atoms with van der Waals surface area (Å²) in [7, 11) is -0.806. The van der Waals surface area contributed by atoms with Gasteiger partial charge in [0, 0.05) is 46.0 Å². The van der Waals surface area contributed by atoms with Gasteiger partial charge in [-0.15, -0.1) is 12.4 Å². The number of rotatable bonds is 15. The van der Waals surface area contributed by atoms with Crippen molar-refractivity contribution in [3.63, 3.8) is 0 Å². The minimum Gasteiger partial charge on any atom is -0.383 e. The number of sulfonamides is 1. The van der Waals surface area contributed by atoms with Gasteiger partial charge in [0.25, 0.3) is 5.91 Å². The molecule has 0 atom stereocenters. The van der Waals surface area contributed by atoms with E-state index in [1.807, 2.05) is 13.8 Å². The Hall–Kier alpha value is -2.19. The number of hydrogen-bond donors (Lipinski definition) is 0. The molecule has 1 heterocycles. The van der Waals surface area contributed by atoms with Crippen LogP contribution in [0.2, 0.25) is 0 Å². The number of hydrogen-bond acceptors (Lipinski definition) is 8. The summed E-state index contributed by atoms with van der Waals surface area (Å²) in [6.07, 6.45) is 0. The van der Waals surface area contributed by atoms with Gasteiger partial charge in [-0.05, 0) is 49.5 Å². The molecular formula is C26H36ClFN4O5S2. The highest BCUT2D eigenvalue weighted by molar-refractivity contribution is 7.89. The molecule has 1 aromatic heterocycles. The molecular weight excluding hydrogens is 567 g/mol. The second-order valence-electron chi connectivity index (χ2n) is 8.48. The van der Waals surface area contributed by atoms with Crippen molar-refractivity contribution in [2.24, 2.45) is 0 Å². The Labute approximate surface area is 240 Å². The van der Waals surface area contributed by atoms with Gasteiger partial charge in [-0.1, -0.05) is 31.3 Å². The first kappa shape index (κ1) is 33.0. The van der Waals surface area contributed by atoms with Crippen LogP contribution in [0.4, 0.5) is 9.52 Å². The van der Waals surface area contributed by atoms with E-state index in [9.17, 15) is 17.6 Å². The number of para-hydroxylation sites is 1. The minimum absolute atomic E-state index is 0. The van der Waals surface area contributed by atoms with Gasteiger partial charge in [-0.25, -0.2) is 17.8 Å². The molecule has 9 nitrogen and oxygen atoms in total. The van der Waals surface area contributed by atoms with E-state index >= 15 is 0 Å². The number of methoxy groups -OCH3 is 2. The lowest BCUT2D eigenvalue weighted by molar-refractivity contribution is 0.0983. The molecule has 0 saturated carbocycles. The van der Waals surface area contributed by atoms with Crippen molar-refractivity contribution in [1.29, 1.82) is 0 Å². The number of benzene rings is 2. The van der Waals surface area contributed by atoms with Crippen LogP contribution in [0.25, 0.3) is 10.2 Å². The number of carbonyl (C=O) groups excluding carboxylic acids is 1. The van der Waals surface area contributed by atoms with Crippen LogP contribution in [-0.2, 0) is 19.5 Å². The Bertz CT molecular complexity index is 1300. The summed E-state index contributed by atoms with van der Waals surface area (Å²) in [5.74, 6) is -0.779. The SMILES string of the molecule is CCN(CC)CCN(C(=O)c1ccc(S(=O)(=O)N(CCOC)CCOC)cc1)c1nc2c(F)cccc2s1.Cl. The second-order valence-corrected chi connectivity index (χ2v) is 11.4. The van der Waals surface area contributed by atoms with E-state index in [1.165, 1.54) is 65.1 Å². The number of anilines is 1. The normalized spacial score (nSPS) is 11.8. The third kappa shape index (κ3) is 8.16. The monoisotopic (exact) mass is 602 g/mol. The molecule has 13 heteroatoms. The third-order valence-electron chi connectivity index (χ3n) is 6.20. The van der Waals surface area contributed by atoms with Gasteiger partial charge >= 0.3 is 0 Å². The Morgan fingerprint density at radius 3 is 2.10 bits per heavy atom. The number of carbonyl (C=O) groups is 1. The first-order chi connectivity index (χ1) is 18.3.